The summed E-state index contributed by atoms with van der Waals surface area (Å²) in [6.07, 6.45) is 11.2. The summed E-state index contributed by atoms with van der Waals surface area (Å²) in [5, 5.41) is 0. The topological polar surface area (TPSA) is 26.3 Å². The highest BCUT2D eigenvalue weighted by Crippen LogP contribution is 1.98. The maximum absolute atomic E-state index is 10.9. The van der Waals surface area contributed by atoms with Crippen LogP contribution < -0.4 is 0 Å². The van der Waals surface area contributed by atoms with Crippen molar-refractivity contribution in [2.45, 2.75) is 32.3 Å². The van der Waals surface area contributed by atoms with E-state index in [9.17, 15) is 4.79 Å². The van der Waals surface area contributed by atoms with Crippen molar-refractivity contribution >= 4 is 5.97 Å². The highest BCUT2D eigenvalue weighted by Gasteiger charge is 2.05. The van der Waals surface area contributed by atoms with Crippen LogP contribution in [0.4, 0.5) is 0 Å². The van der Waals surface area contributed by atoms with E-state index in [0.717, 1.165) is 0 Å². The van der Waals surface area contributed by atoms with Crippen molar-refractivity contribution in [2.24, 2.45) is 0 Å². The molecule has 2 nitrogen and oxygen atoms in total. The Morgan fingerprint density at radius 1 is 1.58 bits per heavy atom. The molecule has 1 atom stereocenters. The molecule has 0 aliphatic heterocycles. The Kier molecular flexibility index (Phi) is 5.57. The molecule has 0 aromatic carbocycles. The fourth-order valence-corrected chi connectivity index (χ4v) is 0.625. The molecule has 0 rings (SSSR count). The van der Waals surface area contributed by atoms with Gasteiger partial charge in [0.1, 0.15) is 0 Å². The third kappa shape index (κ3) is 5.38. The summed E-state index contributed by atoms with van der Waals surface area (Å²) in [5.41, 5.74) is 0. The molecule has 2 heteroatoms. The first-order chi connectivity index (χ1) is 5.70. The maximum atomic E-state index is 10.9. The average molecular weight is 164 g/mol. The van der Waals surface area contributed by atoms with Crippen molar-refractivity contribution in [2.75, 3.05) is 0 Å². The van der Waals surface area contributed by atoms with Crippen LogP contribution in [0.25, 0.3) is 0 Å². The number of carbonyl (C=O) groups excluding carboxylic acids is 1. The Morgan fingerprint density at radius 3 is 2.75 bits per heavy atom. The second-order valence-electron chi connectivity index (χ2n) is 2.36. The smallest absolute Gasteiger partial charge is 0.307 e. The molecular weight excluding hydrogens is 152 g/mol. The standard InChI is InChI=1S/C10H12O2/c1-4-6-7-8-10(11)12-9(3)5-2/h1-2,9H,6-8H2,3H3. The van der Waals surface area contributed by atoms with E-state index in [1.54, 1.807) is 6.92 Å². The average Bonchev–Trinajstić information content (AvgIpc) is 2.05. The molecule has 0 aliphatic carbocycles. The normalized spacial score (nSPS) is 10.9. The van der Waals surface area contributed by atoms with Crippen molar-refractivity contribution < 1.29 is 9.53 Å². The summed E-state index contributed by atoms with van der Waals surface area (Å²) >= 11 is 0. The molecule has 12 heavy (non-hydrogen) atoms. The number of esters is 1. The molecule has 0 saturated heterocycles. The zero-order chi connectivity index (χ0) is 9.40. The molecule has 64 valence electrons. The first-order valence-corrected chi connectivity index (χ1v) is 3.79. The quantitative estimate of drug-likeness (QED) is 0.356. The van der Waals surface area contributed by atoms with E-state index in [1.807, 2.05) is 0 Å². The van der Waals surface area contributed by atoms with Crippen LogP contribution in [0.5, 0.6) is 0 Å². The first kappa shape index (κ1) is 10.6. The summed E-state index contributed by atoms with van der Waals surface area (Å²) in [7, 11) is 0. The van der Waals surface area contributed by atoms with Gasteiger partial charge in [0, 0.05) is 12.8 Å². The van der Waals surface area contributed by atoms with Gasteiger partial charge in [0.15, 0.2) is 6.10 Å². The SMILES string of the molecule is C#CCCCC(=O)OC(C)C#C. The van der Waals surface area contributed by atoms with Crippen molar-refractivity contribution in [3.05, 3.63) is 0 Å². The third-order valence-corrected chi connectivity index (χ3v) is 1.24. The minimum atomic E-state index is -0.441. The Bertz CT molecular complexity index is 217. The number of hydrogen-bond acceptors (Lipinski definition) is 2. The molecule has 0 aliphatic rings. The van der Waals surface area contributed by atoms with E-state index in [-0.39, 0.29) is 5.97 Å². The second kappa shape index (κ2) is 6.31. The molecule has 0 spiro atoms. The van der Waals surface area contributed by atoms with Crippen molar-refractivity contribution in [3.8, 4) is 24.7 Å². The van der Waals surface area contributed by atoms with E-state index in [1.165, 1.54) is 0 Å². The lowest BCUT2D eigenvalue weighted by Crippen LogP contribution is -2.12. The van der Waals surface area contributed by atoms with Gasteiger partial charge in [0.25, 0.3) is 0 Å². The van der Waals surface area contributed by atoms with Gasteiger partial charge in [-0.25, -0.2) is 0 Å². The van der Waals surface area contributed by atoms with Crippen molar-refractivity contribution in [1.29, 1.82) is 0 Å². The van der Waals surface area contributed by atoms with Crippen LogP contribution in [0.3, 0.4) is 0 Å². The molecule has 0 aromatic rings. The second-order valence-corrected chi connectivity index (χ2v) is 2.36. The maximum Gasteiger partial charge on any atom is 0.307 e. The van der Waals surface area contributed by atoms with Crippen LogP contribution in [0.15, 0.2) is 0 Å². The largest absolute Gasteiger partial charge is 0.449 e. The number of ether oxygens (including phenoxy) is 1. The Morgan fingerprint density at radius 2 is 2.25 bits per heavy atom. The van der Waals surface area contributed by atoms with Crippen LogP contribution in [0.2, 0.25) is 0 Å². The van der Waals surface area contributed by atoms with E-state index in [0.29, 0.717) is 19.3 Å². The van der Waals surface area contributed by atoms with Gasteiger partial charge in [-0.1, -0.05) is 5.92 Å². The number of unbranched alkanes of at least 4 members (excludes halogenated alkanes) is 1. The van der Waals surface area contributed by atoms with Crippen molar-refractivity contribution in [1.82, 2.24) is 0 Å². The summed E-state index contributed by atoms with van der Waals surface area (Å²) in [4.78, 5) is 10.9. The van der Waals surface area contributed by atoms with E-state index in [4.69, 9.17) is 17.6 Å². The van der Waals surface area contributed by atoms with Gasteiger partial charge in [0.2, 0.25) is 0 Å². The van der Waals surface area contributed by atoms with Crippen molar-refractivity contribution in [3.63, 3.8) is 0 Å². The third-order valence-electron chi connectivity index (χ3n) is 1.24. The van der Waals surface area contributed by atoms with Gasteiger partial charge in [0.05, 0.1) is 0 Å². The molecule has 0 amide bonds. The van der Waals surface area contributed by atoms with Crippen LogP contribution >= 0.6 is 0 Å². The van der Waals surface area contributed by atoms with Gasteiger partial charge in [-0.15, -0.1) is 18.8 Å². The molecule has 0 radical (unpaired) electrons. The minimum Gasteiger partial charge on any atom is -0.449 e. The van der Waals surface area contributed by atoms with Gasteiger partial charge in [-0.2, -0.15) is 0 Å². The van der Waals surface area contributed by atoms with Gasteiger partial charge < -0.3 is 4.74 Å². The van der Waals surface area contributed by atoms with Gasteiger partial charge >= 0.3 is 5.97 Å². The highest BCUT2D eigenvalue weighted by molar-refractivity contribution is 5.69. The Hall–Kier alpha value is -1.41. The molecule has 1 unspecified atom stereocenters. The minimum absolute atomic E-state index is 0.282. The highest BCUT2D eigenvalue weighted by atomic mass is 16.5. The number of carbonyl (C=O) groups is 1. The summed E-state index contributed by atoms with van der Waals surface area (Å²) in [6.45, 7) is 1.65. The van der Waals surface area contributed by atoms with E-state index in [2.05, 4.69) is 11.8 Å². The predicted octanol–water partition coefficient (Wildman–Crippen LogP) is 1.35. The molecule has 0 N–H and O–H groups in total. The summed E-state index contributed by atoms with van der Waals surface area (Å²) in [6, 6.07) is 0. The lowest BCUT2D eigenvalue weighted by Gasteiger charge is -2.05. The van der Waals surface area contributed by atoms with Crippen LogP contribution in [0, 0.1) is 24.7 Å². The fraction of sp³-hybridized carbons (Fsp3) is 0.500. The number of rotatable bonds is 4. The van der Waals surface area contributed by atoms with E-state index < -0.39 is 6.10 Å². The Labute approximate surface area is 73.3 Å². The molecular formula is C10H12O2. The van der Waals surface area contributed by atoms with Gasteiger partial charge in [-0.3, -0.25) is 4.79 Å². The molecule has 0 fully saturated rings. The molecule has 0 heterocycles. The van der Waals surface area contributed by atoms with E-state index >= 15 is 0 Å². The number of terminal acetylenes is 2. The number of hydrogen-bond donors (Lipinski definition) is 0. The predicted molar refractivity (Wildman–Crippen MR) is 47.1 cm³/mol. The monoisotopic (exact) mass is 164 g/mol. The lowest BCUT2D eigenvalue weighted by molar-refractivity contribution is -0.145. The first-order valence-electron chi connectivity index (χ1n) is 3.79. The zero-order valence-electron chi connectivity index (χ0n) is 7.17. The van der Waals surface area contributed by atoms with Crippen LogP contribution in [0.1, 0.15) is 26.2 Å². The van der Waals surface area contributed by atoms with Gasteiger partial charge in [-0.05, 0) is 13.3 Å². The fourth-order valence-electron chi connectivity index (χ4n) is 0.625. The van der Waals surface area contributed by atoms with Crippen LogP contribution in [-0.2, 0) is 9.53 Å². The zero-order valence-corrected chi connectivity index (χ0v) is 7.17. The molecule has 0 saturated carbocycles. The molecule has 0 aromatic heterocycles. The lowest BCUT2D eigenvalue weighted by atomic mass is 10.2. The molecule has 0 bridgehead atoms. The summed E-state index contributed by atoms with van der Waals surface area (Å²) in [5.74, 6) is 4.46. The summed E-state index contributed by atoms with van der Waals surface area (Å²) < 4.78 is 4.80. The van der Waals surface area contributed by atoms with Crippen LogP contribution in [-0.4, -0.2) is 12.1 Å². The Balaban J connectivity index is 3.49.